The van der Waals surface area contributed by atoms with Crippen LogP contribution in [0.1, 0.15) is 29.3 Å². The van der Waals surface area contributed by atoms with E-state index in [0.29, 0.717) is 44.7 Å². The molecule has 1 fully saturated rings. The van der Waals surface area contributed by atoms with Crippen LogP contribution in [0.4, 0.5) is 0 Å². The van der Waals surface area contributed by atoms with Crippen molar-refractivity contribution in [1.29, 1.82) is 0 Å². The summed E-state index contributed by atoms with van der Waals surface area (Å²) >= 11 is 0. The Morgan fingerprint density at radius 3 is 2.76 bits per heavy atom. The van der Waals surface area contributed by atoms with Crippen molar-refractivity contribution in [2.24, 2.45) is 0 Å². The smallest absolute Gasteiger partial charge is 0.335 e. The molecule has 0 bridgehead atoms. The van der Waals surface area contributed by atoms with E-state index in [0.717, 1.165) is 0 Å². The van der Waals surface area contributed by atoms with Gasteiger partial charge in [0, 0.05) is 19.7 Å². The molecule has 0 spiro atoms. The summed E-state index contributed by atoms with van der Waals surface area (Å²) in [6.07, 6.45) is 1.16. The summed E-state index contributed by atoms with van der Waals surface area (Å²) in [4.78, 5) is 11.2. The van der Waals surface area contributed by atoms with Crippen LogP contribution in [-0.4, -0.2) is 50.1 Å². The van der Waals surface area contributed by atoms with E-state index in [2.05, 4.69) is 0 Å². The molecule has 1 heterocycles. The van der Waals surface area contributed by atoms with Gasteiger partial charge in [0.1, 0.15) is 0 Å². The number of nitrogens with zero attached hydrogens (tertiary/aromatic N) is 1. The molecule has 1 N–H and O–H groups in total. The molecule has 1 aromatic carbocycles. The molecule has 0 aliphatic carbocycles. The average Bonchev–Trinajstić information content (AvgIpc) is 2.76. The number of rotatable bonds is 4. The van der Waals surface area contributed by atoms with Gasteiger partial charge in [-0.25, -0.2) is 13.2 Å². The van der Waals surface area contributed by atoms with Crippen molar-refractivity contribution in [2.75, 3.05) is 26.3 Å². The Labute approximate surface area is 124 Å². The van der Waals surface area contributed by atoms with Crippen LogP contribution >= 0.6 is 0 Å². The average molecular weight is 313 g/mol. The van der Waals surface area contributed by atoms with Crippen molar-refractivity contribution < 1.29 is 23.1 Å². The summed E-state index contributed by atoms with van der Waals surface area (Å²) in [5, 5.41) is 9.07. The Morgan fingerprint density at radius 1 is 1.33 bits per heavy atom. The quantitative estimate of drug-likeness (QED) is 0.907. The Hall–Kier alpha value is -1.44. The molecule has 1 aliphatic rings. The standard InChI is InChI=1S/C14H19NO5S/c1-2-11-4-5-12(14(16)17)10-13(11)21(18,19)15-6-3-8-20-9-7-15/h4-5,10H,2-3,6-9H2,1H3,(H,16,17). The lowest BCUT2D eigenvalue weighted by molar-refractivity contribution is 0.0696. The van der Waals surface area contributed by atoms with Gasteiger partial charge in [0.05, 0.1) is 17.1 Å². The molecule has 0 aromatic heterocycles. The van der Waals surface area contributed by atoms with E-state index < -0.39 is 16.0 Å². The highest BCUT2D eigenvalue weighted by Gasteiger charge is 2.28. The van der Waals surface area contributed by atoms with Crippen LogP contribution in [0, 0.1) is 0 Å². The number of carboxylic acid groups (broad SMARTS) is 1. The van der Waals surface area contributed by atoms with E-state index in [1.165, 1.54) is 16.4 Å². The minimum Gasteiger partial charge on any atom is -0.478 e. The summed E-state index contributed by atoms with van der Waals surface area (Å²) in [5.41, 5.74) is 0.613. The number of carboxylic acids is 1. The van der Waals surface area contributed by atoms with Crippen molar-refractivity contribution in [3.63, 3.8) is 0 Å². The Kier molecular flexibility index (Phi) is 4.97. The van der Waals surface area contributed by atoms with Crippen LogP contribution < -0.4 is 0 Å². The fraction of sp³-hybridized carbons (Fsp3) is 0.500. The first-order chi connectivity index (χ1) is 9.96. The summed E-state index contributed by atoms with van der Waals surface area (Å²) in [5.74, 6) is -1.13. The maximum atomic E-state index is 12.8. The molecule has 6 nitrogen and oxygen atoms in total. The normalized spacial score (nSPS) is 17.4. The number of carbonyl (C=O) groups is 1. The Bertz CT molecular complexity index is 618. The number of hydrogen-bond donors (Lipinski definition) is 1. The van der Waals surface area contributed by atoms with Gasteiger partial charge in [-0.15, -0.1) is 0 Å². The van der Waals surface area contributed by atoms with Crippen LogP contribution in [0.15, 0.2) is 23.1 Å². The van der Waals surface area contributed by atoms with Gasteiger partial charge in [-0.1, -0.05) is 13.0 Å². The molecule has 0 atom stereocenters. The van der Waals surface area contributed by atoms with E-state index >= 15 is 0 Å². The molecule has 7 heteroatoms. The second-order valence-corrected chi connectivity index (χ2v) is 6.76. The van der Waals surface area contributed by atoms with Crippen LogP contribution in [0.2, 0.25) is 0 Å². The highest BCUT2D eigenvalue weighted by atomic mass is 32.2. The maximum Gasteiger partial charge on any atom is 0.335 e. The van der Waals surface area contributed by atoms with Crippen molar-refractivity contribution in [3.05, 3.63) is 29.3 Å². The number of ether oxygens (including phenoxy) is 1. The zero-order valence-electron chi connectivity index (χ0n) is 11.9. The van der Waals surface area contributed by atoms with Crippen molar-refractivity contribution >= 4 is 16.0 Å². The number of aromatic carboxylic acids is 1. The third-order valence-electron chi connectivity index (χ3n) is 3.49. The monoisotopic (exact) mass is 313 g/mol. The second kappa shape index (κ2) is 6.55. The van der Waals surface area contributed by atoms with E-state index in [4.69, 9.17) is 9.84 Å². The maximum absolute atomic E-state index is 12.8. The summed E-state index contributed by atoms with van der Waals surface area (Å²) in [7, 11) is -3.69. The largest absolute Gasteiger partial charge is 0.478 e. The molecular formula is C14H19NO5S. The molecular weight excluding hydrogens is 294 g/mol. The molecule has 1 saturated heterocycles. The highest BCUT2D eigenvalue weighted by Crippen LogP contribution is 2.23. The number of benzene rings is 1. The molecule has 2 rings (SSSR count). The van der Waals surface area contributed by atoms with Gasteiger partial charge in [0.15, 0.2) is 0 Å². The lowest BCUT2D eigenvalue weighted by Crippen LogP contribution is -2.34. The minimum absolute atomic E-state index is 0.0168. The lowest BCUT2D eigenvalue weighted by atomic mass is 10.1. The number of aryl methyl sites for hydroxylation is 1. The Balaban J connectivity index is 2.46. The molecule has 0 unspecified atom stereocenters. The highest BCUT2D eigenvalue weighted by molar-refractivity contribution is 7.89. The zero-order valence-corrected chi connectivity index (χ0v) is 12.7. The molecule has 21 heavy (non-hydrogen) atoms. The summed E-state index contributed by atoms with van der Waals surface area (Å²) < 4.78 is 32.2. The van der Waals surface area contributed by atoms with E-state index in [-0.39, 0.29) is 10.5 Å². The van der Waals surface area contributed by atoms with Gasteiger partial charge in [-0.2, -0.15) is 4.31 Å². The van der Waals surface area contributed by atoms with Gasteiger partial charge < -0.3 is 9.84 Å². The molecule has 0 amide bonds. The first-order valence-electron chi connectivity index (χ1n) is 6.91. The molecule has 1 aliphatic heterocycles. The predicted octanol–water partition coefficient (Wildman–Crippen LogP) is 1.36. The number of hydrogen-bond acceptors (Lipinski definition) is 4. The fourth-order valence-corrected chi connectivity index (χ4v) is 4.10. The van der Waals surface area contributed by atoms with Gasteiger partial charge >= 0.3 is 5.97 Å². The summed E-state index contributed by atoms with van der Waals surface area (Å²) in [6.45, 7) is 3.44. The molecule has 1 aromatic rings. The van der Waals surface area contributed by atoms with Gasteiger partial charge in [0.2, 0.25) is 10.0 Å². The first-order valence-corrected chi connectivity index (χ1v) is 8.35. The van der Waals surface area contributed by atoms with Crippen LogP contribution in [0.5, 0.6) is 0 Å². The van der Waals surface area contributed by atoms with Crippen LogP contribution in [0.25, 0.3) is 0 Å². The van der Waals surface area contributed by atoms with Crippen molar-refractivity contribution in [3.8, 4) is 0 Å². The second-order valence-electron chi connectivity index (χ2n) is 4.85. The van der Waals surface area contributed by atoms with Crippen LogP contribution in [0.3, 0.4) is 0 Å². The minimum atomic E-state index is -3.69. The lowest BCUT2D eigenvalue weighted by Gasteiger charge is -2.21. The zero-order chi connectivity index (χ0) is 15.5. The third-order valence-corrected chi connectivity index (χ3v) is 5.47. The molecule has 0 saturated carbocycles. The number of sulfonamides is 1. The van der Waals surface area contributed by atoms with Crippen LogP contribution in [-0.2, 0) is 21.2 Å². The van der Waals surface area contributed by atoms with E-state index in [9.17, 15) is 13.2 Å². The summed E-state index contributed by atoms with van der Waals surface area (Å²) in [6, 6.07) is 4.26. The van der Waals surface area contributed by atoms with Gasteiger partial charge in [0.25, 0.3) is 0 Å². The van der Waals surface area contributed by atoms with E-state index in [1.807, 2.05) is 6.92 Å². The van der Waals surface area contributed by atoms with Gasteiger partial charge in [-0.05, 0) is 30.5 Å². The van der Waals surface area contributed by atoms with Crippen molar-refractivity contribution in [2.45, 2.75) is 24.7 Å². The predicted molar refractivity (Wildman–Crippen MR) is 77.0 cm³/mol. The molecule has 0 radical (unpaired) electrons. The Morgan fingerprint density at radius 2 is 2.10 bits per heavy atom. The SMILES string of the molecule is CCc1ccc(C(=O)O)cc1S(=O)(=O)N1CCCOCC1. The fourth-order valence-electron chi connectivity index (χ4n) is 2.32. The molecule has 116 valence electrons. The first kappa shape index (κ1) is 15.9. The van der Waals surface area contributed by atoms with Crippen molar-refractivity contribution in [1.82, 2.24) is 4.31 Å². The van der Waals surface area contributed by atoms with E-state index in [1.54, 1.807) is 6.07 Å². The third kappa shape index (κ3) is 3.42. The van der Waals surface area contributed by atoms with Gasteiger partial charge in [-0.3, -0.25) is 0 Å². The topological polar surface area (TPSA) is 83.9 Å².